The number of benzene rings is 1. The average Bonchev–Trinajstić information content (AvgIpc) is 3.03. The number of hydrogen-bond acceptors (Lipinski definition) is 5. The van der Waals surface area contributed by atoms with E-state index in [4.69, 9.17) is 4.74 Å². The lowest BCUT2D eigenvalue weighted by Crippen LogP contribution is -2.44. The minimum absolute atomic E-state index is 0.0135. The molecule has 2 aliphatic rings. The van der Waals surface area contributed by atoms with Crippen LogP contribution in [0.25, 0.3) is 0 Å². The van der Waals surface area contributed by atoms with Gasteiger partial charge in [-0.1, -0.05) is 42.1 Å². The van der Waals surface area contributed by atoms with Crippen LogP contribution in [0.2, 0.25) is 0 Å². The Morgan fingerprint density at radius 3 is 2.61 bits per heavy atom. The van der Waals surface area contributed by atoms with Crippen LogP contribution < -0.4 is 0 Å². The highest BCUT2D eigenvalue weighted by Gasteiger charge is 2.31. The molecule has 2 amide bonds. The molecule has 0 radical (unpaired) electrons. The maximum absolute atomic E-state index is 12.7. The fourth-order valence-electron chi connectivity index (χ4n) is 3.55. The van der Waals surface area contributed by atoms with Crippen LogP contribution in [0, 0.1) is 5.92 Å². The van der Waals surface area contributed by atoms with Crippen molar-refractivity contribution in [2.75, 3.05) is 32.0 Å². The number of piperidine rings is 1. The molecule has 3 rings (SSSR count). The smallest absolute Gasteiger partial charge is 0.333 e. The van der Waals surface area contributed by atoms with E-state index in [0.717, 1.165) is 19.3 Å². The predicted molar refractivity (Wildman–Crippen MR) is 108 cm³/mol. The topological polar surface area (TPSA) is 66.9 Å². The minimum atomic E-state index is -0.487. The van der Waals surface area contributed by atoms with Crippen molar-refractivity contribution in [3.05, 3.63) is 47.0 Å². The van der Waals surface area contributed by atoms with Gasteiger partial charge < -0.3 is 9.64 Å². The number of rotatable bonds is 6. The second-order valence-corrected chi connectivity index (χ2v) is 8.01. The Morgan fingerprint density at radius 1 is 1.21 bits per heavy atom. The number of nitrogens with zero attached hydrogens (tertiary/aromatic N) is 2. The van der Waals surface area contributed by atoms with Crippen molar-refractivity contribution in [2.24, 2.45) is 5.92 Å². The van der Waals surface area contributed by atoms with Crippen molar-refractivity contribution in [3.8, 4) is 0 Å². The highest BCUT2D eigenvalue weighted by Crippen LogP contribution is 2.29. The highest BCUT2D eigenvalue weighted by molar-refractivity contribution is 8.04. The van der Waals surface area contributed by atoms with Gasteiger partial charge in [0.1, 0.15) is 6.54 Å². The molecule has 7 heteroatoms. The van der Waals surface area contributed by atoms with Gasteiger partial charge in [-0.05, 0) is 37.7 Å². The minimum Gasteiger partial charge on any atom is -0.463 e. The van der Waals surface area contributed by atoms with Crippen LogP contribution in [-0.2, 0) is 25.5 Å². The molecule has 150 valence electrons. The van der Waals surface area contributed by atoms with Gasteiger partial charge in [0.25, 0.3) is 0 Å². The monoisotopic (exact) mass is 402 g/mol. The zero-order valence-electron chi connectivity index (χ0n) is 16.1. The number of likely N-dealkylation sites (tertiary alicyclic amines) is 1. The fraction of sp³-hybridized carbons (Fsp3) is 0.476. The quantitative estimate of drug-likeness (QED) is 0.540. The fourth-order valence-corrected chi connectivity index (χ4v) is 4.48. The summed E-state index contributed by atoms with van der Waals surface area (Å²) in [6, 6.07) is 10.4. The molecule has 2 heterocycles. The van der Waals surface area contributed by atoms with Crippen LogP contribution in [0.15, 0.2) is 41.4 Å². The third-order valence-electron chi connectivity index (χ3n) is 5.07. The van der Waals surface area contributed by atoms with Gasteiger partial charge in [-0.25, -0.2) is 4.79 Å². The number of carbonyl (C=O) groups is 3. The Morgan fingerprint density at radius 2 is 1.93 bits per heavy atom. The zero-order valence-corrected chi connectivity index (χ0v) is 17.0. The molecule has 6 nitrogen and oxygen atoms in total. The molecule has 0 saturated carbocycles. The van der Waals surface area contributed by atoms with Crippen LogP contribution in [0.1, 0.15) is 25.3 Å². The van der Waals surface area contributed by atoms with Crippen LogP contribution in [0.4, 0.5) is 0 Å². The number of hydrogen-bond donors (Lipinski definition) is 0. The molecule has 28 heavy (non-hydrogen) atoms. The van der Waals surface area contributed by atoms with Crippen molar-refractivity contribution in [3.63, 3.8) is 0 Å². The summed E-state index contributed by atoms with van der Waals surface area (Å²) < 4.78 is 4.91. The van der Waals surface area contributed by atoms with Crippen molar-refractivity contribution in [1.29, 1.82) is 0 Å². The predicted octanol–water partition coefficient (Wildman–Crippen LogP) is 2.45. The molecule has 0 spiro atoms. The van der Waals surface area contributed by atoms with E-state index < -0.39 is 5.97 Å². The van der Waals surface area contributed by atoms with E-state index in [2.05, 4.69) is 24.3 Å². The zero-order chi connectivity index (χ0) is 19.9. The Hall–Kier alpha value is -2.28. The van der Waals surface area contributed by atoms with Crippen molar-refractivity contribution in [2.45, 2.75) is 26.2 Å². The highest BCUT2D eigenvalue weighted by atomic mass is 32.2. The van der Waals surface area contributed by atoms with E-state index in [0.29, 0.717) is 24.0 Å². The molecule has 0 aliphatic carbocycles. The maximum atomic E-state index is 12.7. The van der Waals surface area contributed by atoms with Gasteiger partial charge in [-0.15, -0.1) is 0 Å². The van der Waals surface area contributed by atoms with Crippen molar-refractivity contribution >= 4 is 29.5 Å². The second kappa shape index (κ2) is 9.78. The van der Waals surface area contributed by atoms with Gasteiger partial charge in [0.2, 0.25) is 11.8 Å². The largest absolute Gasteiger partial charge is 0.463 e. The van der Waals surface area contributed by atoms with Gasteiger partial charge in [0, 0.05) is 13.1 Å². The Kier molecular flexibility index (Phi) is 7.14. The maximum Gasteiger partial charge on any atom is 0.333 e. The van der Waals surface area contributed by atoms with E-state index in [9.17, 15) is 14.4 Å². The third-order valence-corrected chi connectivity index (χ3v) is 6.09. The number of amides is 2. The van der Waals surface area contributed by atoms with E-state index in [1.165, 1.54) is 28.3 Å². The molecule has 2 aliphatic heterocycles. The van der Waals surface area contributed by atoms with Crippen LogP contribution >= 0.6 is 11.8 Å². The van der Waals surface area contributed by atoms with E-state index >= 15 is 0 Å². The third kappa shape index (κ3) is 5.38. The Bertz CT molecular complexity index is 742. The number of thioether (sulfide) groups is 1. The lowest BCUT2D eigenvalue weighted by atomic mass is 9.90. The molecular weight excluding hydrogens is 376 g/mol. The molecule has 0 atom stereocenters. The van der Waals surface area contributed by atoms with Crippen LogP contribution in [0.5, 0.6) is 0 Å². The van der Waals surface area contributed by atoms with Gasteiger partial charge >= 0.3 is 5.97 Å². The Balaban J connectivity index is 1.52. The average molecular weight is 403 g/mol. The van der Waals surface area contributed by atoms with Crippen LogP contribution in [0.3, 0.4) is 0 Å². The summed E-state index contributed by atoms with van der Waals surface area (Å²) in [5.41, 5.74) is 1.33. The molecule has 1 aromatic carbocycles. The summed E-state index contributed by atoms with van der Waals surface area (Å²) in [5.74, 6) is 0.128. The lowest BCUT2D eigenvalue weighted by Gasteiger charge is -2.33. The van der Waals surface area contributed by atoms with Crippen LogP contribution in [-0.4, -0.2) is 59.6 Å². The number of esters is 1. The molecule has 2 saturated heterocycles. The first-order valence-corrected chi connectivity index (χ1v) is 10.7. The lowest BCUT2D eigenvalue weighted by molar-refractivity contribution is -0.139. The van der Waals surface area contributed by atoms with Gasteiger partial charge in [0.05, 0.1) is 23.5 Å². The van der Waals surface area contributed by atoms with Gasteiger partial charge in [0.15, 0.2) is 0 Å². The normalized spacial score (nSPS) is 19.3. The molecule has 0 bridgehead atoms. The molecule has 0 aromatic heterocycles. The summed E-state index contributed by atoms with van der Waals surface area (Å²) in [5, 5.41) is 0.496. The number of carbonyl (C=O) groups excluding carboxylic acids is 3. The summed E-state index contributed by atoms with van der Waals surface area (Å²) in [6.45, 7) is 3.41. The first-order valence-electron chi connectivity index (χ1n) is 9.70. The first kappa shape index (κ1) is 20.5. The van der Waals surface area contributed by atoms with Gasteiger partial charge in [-0.2, -0.15) is 0 Å². The molecule has 0 unspecified atom stereocenters. The Labute approximate surface area is 169 Å². The molecule has 0 N–H and O–H groups in total. The number of ether oxygens (including phenoxy) is 1. The van der Waals surface area contributed by atoms with E-state index in [1.54, 1.807) is 6.92 Å². The molecule has 1 aromatic rings. The molecule has 2 fully saturated rings. The summed E-state index contributed by atoms with van der Waals surface area (Å²) in [7, 11) is 0. The van der Waals surface area contributed by atoms with E-state index in [-0.39, 0.29) is 30.7 Å². The van der Waals surface area contributed by atoms with Gasteiger partial charge in [-0.3, -0.25) is 14.5 Å². The standard InChI is InChI=1S/C21H26N2O4S/c1-2-27-21(26)13-20-23(19(25)15-28-20)14-18(24)22-10-8-17(9-11-22)12-16-6-4-3-5-7-16/h3-7,13,17H,2,8-12,14-15H2,1H3/b20-13+. The molecular formula is C21H26N2O4S. The SMILES string of the molecule is CCOC(=O)/C=C1/SCC(=O)N1CC(=O)N1CCC(Cc2ccccc2)CC1. The van der Waals surface area contributed by atoms with Crippen molar-refractivity contribution in [1.82, 2.24) is 9.80 Å². The first-order chi connectivity index (χ1) is 13.6. The summed E-state index contributed by atoms with van der Waals surface area (Å²) in [6.07, 6.45) is 4.28. The van der Waals surface area contributed by atoms with Crippen molar-refractivity contribution < 1.29 is 19.1 Å². The van der Waals surface area contributed by atoms with E-state index in [1.807, 2.05) is 11.0 Å². The summed E-state index contributed by atoms with van der Waals surface area (Å²) in [4.78, 5) is 39.8. The second-order valence-electron chi connectivity index (χ2n) is 7.02. The summed E-state index contributed by atoms with van der Waals surface area (Å²) >= 11 is 1.27.